The molecule has 90 valence electrons. The second-order valence-corrected chi connectivity index (χ2v) is 6.42. The van der Waals surface area contributed by atoms with Crippen LogP contribution in [-0.2, 0) is 0 Å². The standard InChI is InChI=1S/C13H27NS/c1-4-10-14-12-8-6-7-9-13(12)15-11(3)5-2/h11-14H,4-10H2,1-3H3. The number of hydrogen-bond acceptors (Lipinski definition) is 2. The van der Waals surface area contributed by atoms with E-state index in [-0.39, 0.29) is 0 Å². The smallest absolute Gasteiger partial charge is 0.0203 e. The number of rotatable bonds is 6. The summed E-state index contributed by atoms with van der Waals surface area (Å²) >= 11 is 2.22. The fourth-order valence-electron chi connectivity index (χ4n) is 2.22. The third kappa shape index (κ3) is 4.78. The molecule has 2 heteroatoms. The van der Waals surface area contributed by atoms with Gasteiger partial charge in [0.15, 0.2) is 0 Å². The van der Waals surface area contributed by atoms with Crippen LogP contribution in [0.1, 0.15) is 59.3 Å². The van der Waals surface area contributed by atoms with Gasteiger partial charge < -0.3 is 5.32 Å². The monoisotopic (exact) mass is 229 g/mol. The Morgan fingerprint density at radius 3 is 2.67 bits per heavy atom. The molecule has 0 bridgehead atoms. The van der Waals surface area contributed by atoms with Crippen LogP contribution in [0, 0.1) is 0 Å². The molecule has 1 rings (SSSR count). The molecule has 0 amide bonds. The summed E-state index contributed by atoms with van der Waals surface area (Å²) in [5, 5.41) is 5.44. The summed E-state index contributed by atoms with van der Waals surface area (Å²) in [6.07, 6.45) is 8.26. The van der Waals surface area contributed by atoms with E-state index in [1.165, 1.54) is 45.1 Å². The summed E-state index contributed by atoms with van der Waals surface area (Å²) in [5.74, 6) is 0. The Labute approximate surface area is 99.8 Å². The van der Waals surface area contributed by atoms with Crippen LogP contribution in [0.15, 0.2) is 0 Å². The van der Waals surface area contributed by atoms with Crippen LogP contribution in [0.2, 0.25) is 0 Å². The zero-order chi connectivity index (χ0) is 11.1. The van der Waals surface area contributed by atoms with Crippen molar-refractivity contribution in [3.8, 4) is 0 Å². The summed E-state index contributed by atoms with van der Waals surface area (Å²) in [6.45, 7) is 8.13. The van der Waals surface area contributed by atoms with Gasteiger partial charge in [-0.1, -0.05) is 33.6 Å². The normalized spacial score (nSPS) is 29.0. The predicted molar refractivity (Wildman–Crippen MR) is 71.7 cm³/mol. The Hall–Kier alpha value is 0.310. The predicted octanol–water partition coefficient (Wildman–Crippen LogP) is 3.83. The second kappa shape index (κ2) is 7.56. The highest BCUT2D eigenvalue weighted by Crippen LogP contribution is 2.32. The first-order chi connectivity index (χ1) is 7.27. The molecular weight excluding hydrogens is 202 g/mol. The van der Waals surface area contributed by atoms with Gasteiger partial charge in [0.25, 0.3) is 0 Å². The summed E-state index contributed by atoms with van der Waals surface area (Å²) in [4.78, 5) is 0. The van der Waals surface area contributed by atoms with E-state index in [0.29, 0.717) is 0 Å². The van der Waals surface area contributed by atoms with Gasteiger partial charge >= 0.3 is 0 Å². The van der Waals surface area contributed by atoms with Gasteiger partial charge in [-0.15, -0.1) is 0 Å². The van der Waals surface area contributed by atoms with Crippen molar-refractivity contribution in [2.24, 2.45) is 0 Å². The van der Waals surface area contributed by atoms with Crippen LogP contribution in [-0.4, -0.2) is 23.1 Å². The first kappa shape index (κ1) is 13.4. The molecule has 3 atom stereocenters. The summed E-state index contributed by atoms with van der Waals surface area (Å²) in [6, 6.07) is 0.790. The summed E-state index contributed by atoms with van der Waals surface area (Å²) in [5.41, 5.74) is 0. The third-order valence-electron chi connectivity index (χ3n) is 3.34. The highest BCUT2D eigenvalue weighted by molar-refractivity contribution is 8.00. The molecular formula is C13H27NS. The average Bonchev–Trinajstić information content (AvgIpc) is 2.28. The zero-order valence-corrected chi connectivity index (χ0v) is 11.4. The van der Waals surface area contributed by atoms with E-state index in [1.54, 1.807) is 0 Å². The van der Waals surface area contributed by atoms with Crippen molar-refractivity contribution in [1.82, 2.24) is 5.32 Å². The van der Waals surface area contributed by atoms with Crippen molar-refractivity contribution in [3.05, 3.63) is 0 Å². The van der Waals surface area contributed by atoms with Crippen LogP contribution >= 0.6 is 11.8 Å². The van der Waals surface area contributed by atoms with E-state index in [9.17, 15) is 0 Å². The van der Waals surface area contributed by atoms with Gasteiger partial charge in [0.2, 0.25) is 0 Å². The van der Waals surface area contributed by atoms with Gasteiger partial charge in [-0.3, -0.25) is 0 Å². The maximum absolute atomic E-state index is 3.73. The summed E-state index contributed by atoms with van der Waals surface area (Å²) in [7, 11) is 0. The van der Waals surface area contributed by atoms with Gasteiger partial charge in [0, 0.05) is 16.5 Å². The van der Waals surface area contributed by atoms with Crippen molar-refractivity contribution in [3.63, 3.8) is 0 Å². The lowest BCUT2D eigenvalue weighted by atomic mass is 9.95. The van der Waals surface area contributed by atoms with E-state index < -0.39 is 0 Å². The molecule has 0 saturated heterocycles. The van der Waals surface area contributed by atoms with Crippen molar-refractivity contribution in [1.29, 1.82) is 0 Å². The fourth-order valence-corrected chi connectivity index (χ4v) is 3.73. The van der Waals surface area contributed by atoms with Crippen molar-refractivity contribution in [2.75, 3.05) is 6.54 Å². The number of hydrogen-bond donors (Lipinski definition) is 1. The van der Waals surface area contributed by atoms with Gasteiger partial charge in [-0.05, 0) is 32.2 Å². The minimum atomic E-state index is 0.790. The van der Waals surface area contributed by atoms with Crippen LogP contribution in [0.5, 0.6) is 0 Å². The molecule has 1 fully saturated rings. The molecule has 0 aromatic rings. The molecule has 0 heterocycles. The Morgan fingerprint density at radius 1 is 1.27 bits per heavy atom. The van der Waals surface area contributed by atoms with Gasteiger partial charge in [-0.2, -0.15) is 11.8 Å². The molecule has 0 radical (unpaired) electrons. The largest absolute Gasteiger partial charge is 0.313 e. The molecule has 15 heavy (non-hydrogen) atoms. The zero-order valence-electron chi connectivity index (χ0n) is 10.6. The number of nitrogens with one attached hydrogen (secondary N) is 1. The lowest BCUT2D eigenvalue weighted by molar-refractivity contribution is 0.384. The quantitative estimate of drug-likeness (QED) is 0.743. The Balaban J connectivity index is 2.35. The van der Waals surface area contributed by atoms with Crippen molar-refractivity contribution in [2.45, 2.75) is 75.8 Å². The molecule has 0 aromatic carbocycles. The molecule has 1 nitrogen and oxygen atoms in total. The minimum Gasteiger partial charge on any atom is -0.313 e. The fraction of sp³-hybridized carbons (Fsp3) is 1.00. The van der Waals surface area contributed by atoms with E-state index >= 15 is 0 Å². The maximum atomic E-state index is 3.73. The van der Waals surface area contributed by atoms with E-state index in [0.717, 1.165) is 16.5 Å². The first-order valence-electron chi connectivity index (χ1n) is 6.66. The van der Waals surface area contributed by atoms with Crippen LogP contribution in [0.3, 0.4) is 0 Å². The average molecular weight is 229 g/mol. The SMILES string of the molecule is CCCNC1CCCCC1SC(C)CC. The van der Waals surface area contributed by atoms with Crippen LogP contribution < -0.4 is 5.32 Å². The lowest BCUT2D eigenvalue weighted by Gasteiger charge is -2.33. The molecule has 0 aliphatic heterocycles. The Kier molecular flexibility index (Phi) is 6.74. The van der Waals surface area contributed by atoms with E-state index in [1.807, 2.05) is 0 Å². The molecule has 1 aliphatic carbocycles. The van der Waals surface area contributed by atoms with Crippen LogP contribution in [0.25, 0.3) is 0 Å². The Bertz CT molecular complexity index is 161. The molecule has 1 saturated carbocycles. The molecule has 0 spiro atoms. The lowest BCUT2D eigenvalue weighted by Crippen LogP contribution is -2.41. The van der Waals surface area contributed by atoms with Crippen LogP contribution in [0.4, 0.5) is 0 Å². The van der Waals surface area contributed by atoms with Gasteiger partial charge in [-0.25, -0.2) is 0 Å². The topological polar surface area (TPSA) is 12.0 Å². The first-order valence-corrected chi connectivity index (χ1v) is 7.61. The molecule has 0 aromatic heterocycles. The highest BCUT2D eigenvalue weighted by atomic mass is 32.2. The third-order valence-corrected chi connectivity index (χ3v) is 5.05. The van der Waals surface area contributed by atoms with Gasteiger partial charge in [0.05, 0.1) is 0 Å². The Morgan fingerprint density at radius 2 is 2.00 bits per heavy atom. The number of thioether (sulfide) groups is 1. The van der Waals surface area contributed by atoms with Crippen molar-refractivity contribution < 1.29 is 0 Å². The maximum Gasteiger partial charge on any atom is 0.0203 e. The van der Waals surface area contributed by atoms with Crippen molar-refractivity contribution >= 4 is 11.8 Å². The molecule has 1 aliphatic rings. The highest BCUT2D eigenvalue weighted by Gasteiger charge is 2.25. The van der Waals surface area contributed by atoms with E-state index in [2.05, 4.69) is 37.8 Å². The molecule has 3 unspecified atom stereocenters. The van der Waals surface area contributed by atoms with Gasteiger partial charge in [0.1, 0.15) is 0 Å². The second-order valence-electron chi connectivity index (χ2n) is 4.74. The summed E-state index contributed by atoms with van der Waals surface area (Å²) < 4.78 is 0. The molecule has 1 N–H and O–H groups in total. The van der Waals surface area contributed by atoms with E-state index in [4.69, 9.17) is 0 Å². The minimum absolute atomic E-state index is 0.790.